The first kappa shape index (κ1) is 26.5. The number of hydrogen-bond donors (Lipinski definition) is 2. The number of esters is 1. The van der Waals surface area contributed by atoms with Crippen LogP contribution in [0.25, 0.3) is 11.2 Å². The molecule has 1 saturated carbocycles. The molecule has 3 aromatic rings. The Labute approximate surface area is 225 Å². The molecule has 2 amide bonds. The maximum absolute atomic E-state index is 13.2. The number of nitrogens with zero attached hydrogens (tertiary/aromatic N) is 5. The Morgan fingerprint density at radius 3 is 2.67 bits per heavy atom. The van der Waals surface area contributed by atoms with Crippen LogP contribution in [0, 0.1) is 0 Å². The molecule has 206 valence electrons. The largest absolute Gasteiger partial charge is 0.459 e. The summed E-state index contributed by atoms with van der Waals surface area (Å²) in [4.78, 5) is 52.9. The van der Waals surface area contributed by atoms with Gasteiger partial charge in [0.25, 0.3) is 0 Å². The lowest BCUT2D eigenvalue weighted by Gasteiger charge is -2.25. The number of rotatable bonds is 12. The topological polar surface area (TPSA) is 155 Å². The van der Waals surface area contributed by atoms with E-state index >= 15 is 0 Å². The highest BCUT2D eigenvalue weighted by molar-refractivity contribution is 5.90. The van der Waals surface area contributed by atoms with E-state index in [1.54, 1.807) is 6.33 Å². The summed E-state index contributed by atoms with van der Waals surface area (Å²) in [5.41, 5.74) is 7.37. The summed E-state index contributed by atoms with van der Waals surface area (Å²) in [6.45, 7) is 0.715. The van der Waals surface area contributed by atoms with Gasteiger partial charge in [-0.05, 0) is 44.1 Å². The molecule has 39 heavy (non-hydrogen) atoms. The molecule has 0 bridgehead atoms. The zero-order chi connectivity index (χ0) is 27.2. The van der Waals surface area contributed by atoms with Crippen LogP contribution in [0.15, 0.2) is 43.0 Å². The van der Waals surface area contributed by atoms with Crippen LogP contribution in [-0.4, -0.2) is 62.5 Å². The molecule has 3 heterocycles. The summed E-state index contributed by atoms with van der Waals surface area (Å²) >= 11 is 0. The van der Waals surface area contributed by atoms with Gasteiger partial charge in [-0.1, -0.05) is 30.3 Å². The van der Waals surface area contributed by atoms with Crippen LogP contribution in [0.1, 0.15) is 56.7 Å². The van der Waals surface area contributed by atoms with Gasteiger partial charge >= 0.3 is 5.97 Å². The van der Waals surface area contributed by atoms with Crippen molar-refractivity contribution in [3.8, 4) is 0 Å². The second kappa shape index (κ2) is 12.2. The van der Waals surface area contributed by atoms with E-state index in [9.17, 15) is 14.4 Å². The maximum atomic E-state index is 13.2. The van der Waals surface area contributed by atoms with Gasteiger partial charge in [0.15, 0.2) is 17.0 Å². The van der Waals surface area contributed by atoms with Gasteiger partial charge in [-0.3, -0.25) is 14.2 Å². The lowest BCUT2D eigenvalue weighted by Crippen LogP contribution is -2.47. The minimum atomic E-state index is -1.01. The highest BCUT2D eigenvalue weighted by Gasteiger charge is 2.34. The van der Waals surface area contributed by atoms with Crippen LogP contribution in [0.3, 0.4) is 0 Å². The van der Waals surface area contributed by atoms with E-state index in [0.29, 0.717) is 23.6 Å². The Morgan fingerprint density at radius 1 is 1.13 bits per heavy atom. The highest BCUT2D eigenvalue weighted by atomic mass is 16.5. The van der Waals surface area contributed by atoms with Crippen LogP contribution in [0.5, 0.6) is 0 Å². The predicted octanol–water partition coefficient (Wildman–Crippen LogP) is 1.99. The highest BCUT2D eigenvalue weighted by Crippen LogP contribution is 2.34. The predicted molar refractivity (Wildman–Crippen MR) is 141 cm³/mol. The number of aromatic nitrogens is 4. The number of nitrogens with two attached hydrogens (primary N) is 1. The van der Waals surface area contributed by atoms with E-state index < -0.39 is 23.8 Å². The SMILES string of the molecule is NC(=O)CC[C@H](NC(=O)CN(c1ncnc2c1ncn2C1CCCCO1)C1CC1)C(=O)OCc1ccccc1. The van der Waals surface area contributed by atoms with Crippen molar-refractivity contribution in [2.45, 2.75) is 69.9 Å². The number of anilines is 1. The summed E-state index contributed by atoms with van der Waals surface area (Å²) in [6.07, 6.45) is 7.85. The normalized spacial score (nSPS) is 17.9. The molecule has 0 radical (unpaired) electrons. The van der Waals surface area contributed by atoms with E-state index in [1.807, 2.05) is 39.8 Å². The number of primary amides is 1. The third-order valence-electron chi connectivity index (χ3n) is 6.90. The third-order valence-corrected chi connectivity index (χ3v) is 6.90. The van der Waals surface area contributed by atoms with Gasteiger partial charge in [0.2, 0.25) is 11.8 Å². The van der Waals surface area contributed by atoms with Crippen LogP contribution in [-0.2, 0) is 30.5 Å². The minimum absolute atomic E-state index is 0.0391. The molecule has 5 rings (SSSR count). The average molecular weight is 536 g/mol. The lowest BCUT2D eigenvalue weighted by atomic mass is 10.1. The smallest absolute Gasteiger partial charge is 0.328 e. The number of hydrogen-bond acceptors (Lipinski definition) is 9. The van der Waals surface area contributed by atoms with Crippen molar-refractivity contribution in [2.24, 2.45) is 5.73 Å². The van der Waals surface area contributed by atoms with E-state index in [4.69, 9.17) is 15.2 Å². The van der Waals surface area contributed by atoms with Gasteiger partial charge in [0.1, 0.15) is 25.2 Å². The fourth-order valence-electron chi connectivity index (χ4n) is 4.73. The molecule has 12 heteroatoms. The summed E-state index contributed by atoms with van der Waals surface area (Å²) < 4.78 is 13.3. The molecule has 0 spiro atoms. The number of imidazole rings is 1. The van der Waals surface area contributed by atoms with E-state index in [2.05, 4.69) is 20.3 Å². The van der Waals surface area contributed by atoms with Crippen molar-refractivity contribution in [3.63, 3.8) is 0 Å². The van der Waals surface area contributed by atoms with Gasteiger partial charge < -0.3 is 25.4 Å². The summed E-state index contributed by atoms with van der Waals surface area (Å²) in [7, 11) is 0. The summed E-state index contributed by atoms with van der Waals surface area (Å²) in [5, 5.41) is 2.74. The van der Waals surface area contributed by atoms with Gasteiger partial charge in [-0.25, -0.2) is 19.7 Å². The Balaban J connectivity index is 1.29. The Morgan fingerprint density at radius 2 is 1.95 bits per heavy atom. The first-order chi connectivity index (χ1) is 19.0. The fourth-order valence-corrected chi connectivity index (χ4v) is 4.73. The van der Waals surface area contributed by atoms with Crippen LogP contribution in [0.4, 0.5) is 5.82 Å². The minimum Gasteiger partial charge on any atom is -0.459 e. The van der Waals surface area contributed by atoms with Crippen molar-refractivity contribution in [2.75, 3.05) is 18.1 Å². The molecule has 2 aromatic heterocycles. The first-order valence-corrected chi connectivity index (χ1v) is 13.3. The Kier molecular flexibility index (Phi) is 8.30. The van der Waals surface area contributed by atoms with E-state index in [0.717, 1.165) is 37.7 Å². The van der Waals surface area contributed by atoms with Crippen molar-refractivity contribution in [1.82, 2.24) is 24.8 Å². The number of benzene rings is 1. The number of amides is 2. The van der Waals surface area contributed by atoms with Crippen LogP contribution >= 0.6 is 0 Å². The molecule has 1 aliphatic heterocycles. The summed E-state index contributed by atoms with van der Waals surface area (Å²) in [6, 6.07) is 8.34. The zero-order valence-electron chi connectivity index (χ0n) is 21.7. The molecule has 1 unspecified atom stereocenters. The second-order valence-electron chi connectivity index (χ2n) is 9.92. The Bertz CT molecular complexity index is 1300. The number of fused-ring (bicyclic) bond motifs is 1. The standard InChI is InChI=1S/C27H33N7O5/c28-21(35)12-11-20(27(37)39-15-18-6-2-1-3-7-18)32-22(36)14-33(19-9-10-19)25-24-26(30-16-29-25)34(17-31-24)23-8-4-5-13-38-23/h1-3,6-7,16-17,19-20,23H,4-5,8-15H2,(H2,28,35)(H,32,36)/t20-,23?/m0/s1. The van der Waals surface area contributed by atoms with Crippen molar-refractivity contribution < 1.29 is 23.9 Å². The van der Waals surface area contributed by atoms with Gasteiger partial charge in [-0.2, -0.15) is 0 Å². The van der Waals surface area contributed by atoms with Crippen LogP contribution < -0.4 is 16.0 Å². The number of carbonyl (C=O) groups excluding carboxylic acids is 3. The molecule has 1 aliphatic carbocycles. The molecule has 3 N–H and O–H groups in total. The Hall–Kier alpha value is -4.06. The zero-order valence-corrected chi connectivity index (χ0v) is 21.7. The molecule has 2 atom stereocenters. The monoisotopic (exact) mass is 535 g/mol. The molecule has 1 saturated heterocycles. The van der Waals surface area contributed by atoms with E-state index in [1.165, 1.54) is 6.33 Å². The first-order valence-electron chi connectivity index (χ1n) is 13.3. The molecule has 2 fully saturated rings. The average Bonchev–Trinajstić information content (AvgIpc) is 3.71. The van der Waals surface area contributed by atoms with Crippen molar-refractivity contribution in [3.05, 3.63) is 48.5 Å². The van der Waals surface area contributed by atoms with Gasteiger partial charge in [-0.15, -0.1) is 0 Å². The van der Waals surface area contributed by atoms with Crippen LogP contribution in [0.2, 0.25) is 0 Å². The van der Waals surface area contributed by atoms with Gasteiger partial charge in [0.05, 0.1) is 12.9 Å². The number of ether oxygens (including phenoxy) is 2. The van der Waals surface area contributed by atoms with Crippen molar-refractivity contribution >= 4 is 34.8 Å². The molecular weight excluding hydrogens is 502 g/mol. The fraction of sp³-hybridized carbons (Fsp3) is 0.481. The molecule has 12 nitrogen and oxygen atoms in total. The number of carbonyl (C=O) groups is 3. The molecular formula is C27H33N7O5. The van der Waals surface area contributed by atoms with E-state index in [-0.39, 0.29) is 38.3 Å². The maximum Gasteiger partial charge on any atom is 0.328 e. The second-order valence-corrected chi connectivity index (χ2v) is 9.92. The third kappa shape index (κ3) is 6.69. The number of nitrogens with one attached hydrogen (secondary N) is 1. The quantitative estimate of drug-likeness (QED) is 0.331. The molecule has 2 aliphatic rings. The van der Waals surface area contributed by atoms with Gasteiger partial charge in [0, 0.05) is 19.1 Å². The molecule has 1 aromatic carbocycles. The summed E-state index contributed by atoms with van der Waals surface area (Å²) in [5.74, 6) is -1.02. The van der Waals surface area contributed by atoms with Crippen molar-refractivity contribution in [1.29, 1.82) is 0 Å². The lowest BCUT2D eigenvalue weighted by molar-refractivity contribution is -0.149.